The molecule has 0 saturated carbocycles. The van der Waals surface area contributed by atoms with Crippen LogP contribution >= 0.6 is 0 Å². The highest BCUT2D eigenvalue weighted by atomic mass is 16.6. The van der Waals surface area contributed by atoms with Gasteiger partial charge in [-0.15, -0.1) is 0 Å². The number of benzene rings is 1. The van der Waals surface area contributed by atoms with Gasteiger partial charge in [0.25, 0.3) is 0 Å². The predicted octanol–water partition coefficient (Wildman–Crippen LogP) is 3.24. The Morgan fingerprint density at radius 2 is 1.74 bits per heavy atom. The van der Waals surface area contributed by atoms with E-state index in [4.69, 9.17) is 4.74 Å². The van der Waals surface area contributed by atoms with Gasteiger partial charge in [-0.3, -0.25) is 4.79 Å². The first-order valence-electron chi connectivity index (χ1n) is 7.98. The quantitative estimate of drug-likeness (QED) is 0.845. The fourth-order valence-corrected chi connectivity index (χ4v) is 2.06. The molecule has 2 N–H and O–H groups in total. The summed E-state index contributed by atoms with van der Waals surface area (Å²) < 4.78 is 5.23. The minimum absolute atomic E-state index is 0.201. The minimum atomic E-state index is -0.603. The Morgan fingerprint density at radius 1 is 1.13 bits per heavy atom. The van der Waals surface area contributed by atoms with Crippen LogP contribution in [0.2, 0.25) is 0 Å². The molecule has 5 nitrogen and oxygen atoms in total. The summed E-state index contributed by atoms with van der Waals surface area (Å²) in [6.45, 7) is 9.82. The number of rotatable bonds is 6. The summed E-state index contributed by atoms with van der Waals surface area (Å²) in [7, 11) is 0. The van der Waals surface area contributed by atoms with E-state index in [0.29, 0.717) is 13.0 Å². The van der Waals surface area contributed by atoms with E-state index in [1.165, 1.54) is 0 Å². The molecule has 0 aliphatic carbocycles. The lowest BCUT2D eigenvalue weighted by atomic mass is 10.0. The van der Waals surface area contributed by atoms with Crippen LogP contribution in [0, 0.1) is 5.92 Å². The Kier molecular flexibility index (Phi) is 7.07. The van der Waals surface area contributed by atoms with Crippen LogP contribution in [-0.2, 0) is 16.1 Å². The Bertz CT molecular complexity index is 507. The maximum absolute atomic E-state index is 12.4. The van der Waals surface area contributed by atoms with Crippen molar-refractivity contribution < 1.29 is 14.3 Å². The number of alkyl carbamates (subject to hydrolysis) is 1. The van der Waals surface area contributed by atoms with Crippen LogP contribution in [0.1, 0.15) is 46.6 Å². The predicted molar refractivity (Wildman–Crippen MR) is 90.9 cm³/mol. The molecule has 1 rings (SSSR count). The zero-order valence-corrected chi connectivity index (χ0v) is 14.7. The normalized spacial score (nSPS) is 12.6. The van der Waals surface area contributed by atoms with Crippen LogP contribution in [0.15, 0.2) is 30.3 Å². The van der Waals surface area contributed by atoms with Gasteiger partial charge in [0.05, 0.1) is 0 Å². The summed E-state index contributed by atoms with van der Waals surface area (Å²) in [6, 6.07) is 9.06. The summed E-state index contributed by atoms with van der Waals surface area (Å²) in [4.78, 5) is 24.3. The Balaban J connectivity index is 2.61. The summed E-state index contributed by atoms with van der Waals surface area (Å²) in [5.41, 5.74) is 0.425. The molecule has 0 bridgehead atoms. The molecule has 0 fully saturated rings. The number of nitrogens with one attached hydrogen (secondary N) is 2. The van der Waals surface area contributed by atoms with Crippen molar-refractivity contribution in [1.82, 2.24) is 10.6 Å². The van der Waals surface area contributed by atoms with Crippen LogP contribution in [0.3, 0.4) is 0 Å². The second kappa shape index (κ2) is 8.56. The van der Waals surface area contributed by atoms with Crippen LogP contribution in [0.25, 0.3) is 0 Å². The molecule has 2 amide bonds. The number of amides is 2. The van der Waals surface area contributed by atoms with Gasteiger partial charge in [-0.1, -0.05) is 44.2 Å². The van der Waals surface area contributed by atoms with Gasteiger partial charge >= 0.3 is 6.09 Å². The lowest BCUT2D eigenvalue weighted by Crippen LogP contribution is -2.48. The molecule has 0 aliphatic rings. The van der Waals surface area contributed by atoms with E-state index in [2.05, 4.69) is 10.6 Å². The van der Waals surface area contributed by atoms with Crippen LogP contribution in [-0.4, -0.2) is 23.6 Å². The maximum Gasteiger partial charge on any atom is 0.408 e. The third kappa shape index (κ3) is 8.24. The van der Waals surface area contributed by atoms with Gasteiger partial charge in [-0.25, -0.2) is 4.79 Å². The first-order chi connectivity index (χ1) is 10.7. The summed E-state index contributed by atoms with van der Waals surface area (Å²) in [5, 5.41) is 5.53. The van der Waals surface area contributed by atoms with E-state index in [-0.39, 0.29) is 11.8 Å². The lowest BCUT2D eigenvalue weighted by Gasteiger charge is -2.24. The Morgan fingerprint density at radius 3 is 2.26 bits per heavy atom. The molecule has 0 radical (unpaired) electrons. The average molecular weight is 320 g/mol. The fraction of sp³-hybridized carbons (Fsp3) is 0.556. The molecular weight excluding hydrogens is 292 g/mol. The molecule has 0 unspecified atom stereocenters. The molecule has 128 valence electrons. The summed E-state index contributed by atoms with van der Waals surface area (Å²) in [5.74, 6) is 0.0748. The van der Waals surface area contributed by atoms with Crippen LogP contribution in [0.4, 0.5) is 4.79 Å². The topological polar surface area (TPSA) is 67.4 Å². The second-order valence-corrected chi connectivity index (χ2v) is 7.03. The van der Waals surface area contributed by atoms with Gasteiger partial charge in [-0.2, -0.15) is 0 Å². The van der Waals surface area contributed by atoms with Crippen molar-refractivity contribution in [2.75, 3.05) is 0 Å². The first-order valence-corrected chi connectivity index (χ1v) is 7.98. The highest BCUT2D eigenvalue weighted by molar-refractivity contribution is 5.85. The van der Waals surface area contributed by atoms with E-state index in [9.17, 15) is 9.59 Å². The van der Waals surface area contributed by atoms with E-state index in [0.717, 1.165) is 5.56 Å². The van der Waals surface area contributed by atoms with Gasteiger partial charge in [0.15, 0.2) is 0 Å². The number of ether oxygens (including phenoxy) is 1. The van der Waals surface area contributed by atoms with Crippen LogP contribution < -0.4 is 10.6 Å². The second-order valence-electron chi connectivity index (χ2n) is 7.03. The lowest BCUT2D eigenvalue weighted by molar-refractivity contribution is -0.123. The molecule has 5 heteroatoms. The highest BCUT2D eigenvalue weighted by Gasteiger charge is 2.24. The molecule has 0 saturated heterocycles. The van der Waals surface area contributed by atoms with Gasteiger partial charge in [0, 0.05) is 6.54 Å². The third-order valence-corrected chi connectivity index (χ3v) is 3.02. The molecule has 0 spiro atoms. The third-order valence-electron chi connectivity index (χ3n) is 3.02. The van der Waals surface area contributed by atoms with Crippen molar-refractivity contribution in [3.05, 3.63) is 35.9 Å². The fourth-order valence-electron chi connectivity index (χ4n) is 2.06. The SMILES string of the molecule is CC(C)C[C@@H](NC(=O)OC(C)(C)C)C(=O)NCc1ccccc1. The zero-order valence-electron chi connectivity index (χ0n) is 14.7. The number of carbonyl (C=O) groups excluding carboxylic acids is 2. The average Bonchev–Trinajstić information content (AvgIpc) is 2.42. The van der Waals surface area contributed by atoms with E-state index < -0.39 is 17.7 Å². The van der Waals surface area contributed by atoms with Gasteiger partial charge in [0.1, 0.15) is 11.6 Å². The number of hydrogen-bond donors (Lipinski definition) is 2. The molecule has 23 heavy (non-hydrogen) atoms. The standard InChI is InChI=1S/C18H28N2O3/c1-13(2)11-15(20-17(22)23-18(3,4)5)16(21)19-12-14-9-7-6-8-10-14/h6-10,13,15H,11-12H2,1-5H3,(H,19,21)(H,20,22)/t15-/m1/s1. The van der Waals surface area contributed by atoms with Gasteiger partial charge < -0.3 is 15.4 Å². The van der Waals surface area contributed by atoms with Crippen molar-refractivity contribution in [3.63, 3.8) is 0 Å². The molecule has 0 heterocycles. The Hall–Kier alpha value is -2.04. The maximum atomic E-state index is 12.4. The summed E-state index contributed by atoms with van der Waals surface area (Å²) in [6.07, 6.45) is -0.0159. The van der Waals surface area contributed by atoms with E-state index >= 15 is 0 Å². The number of hydrogen-bond acceptors (Lipinski definition) is 3. The van der Waals surface area contributed by atoms with E-state index in [1.54, 1.807) is 20.8 Å². The number of carbonyl (C=O) groups is 2. The van der Waals surface area contributed by atoms with Crippen molar-refractivity contribution in [2.45, 2.75) is 59.2 Å². The van der Waals surface area contributed by atoms with Gasteiger partial charge in [0.2, 0.25) is 5.91 Å². The van der Waals surface area contributed by atoms with Crippen molar-refractivity contribution in [2.24, 2.45) is 5.92 Å². The van der Waals surface area contributed by atoms with Crippen molar-refractivity contribution in [1.29, 1.82) is 0 Å². The monoisotopic (exact) mass is 320 g/mol. The van der Waals surface area contributed by atoms with Crippen molar-refractivity contribution in [3.8, 4) is 0 Å². The minimum Gasteiger partial charge on any atom is -0.444 e. The van der Waals surface area contributed by atoms with Gasteiger partial charge in [-0.05, 0) is 38.7 Å². The van der Waals surface area contributed by atoms with Crippen molar-refractivity contribution >= 4 is 12.0 Å². The molecule has 0 aromatic heterocycles. The largest absolute Gasteiger partial charge is 0.444 e. The van der Waals surface area contributed by atoms with Crippen LogP contribution in [0.5, 0.6) is 0 Å². The highest BCUT2D eigenvalue weighted by Crippen LogP contribution is 2.10. The Labute approximate surface area is 138 Å². The molecular formula is C18H28N2O3. The summed E-state index contributed by atoms with van der Waals surface area (Å²) >= 11 is 0. The first kappa shape index (κ1) is 19.0. The smallest absolute Gasteiger partial charge is 0.408 e. The molecule has 1 aromatic rings. The molecule has 1 aromatic carbocycles. The zero-order chi connectivity index (χ0) is 17.5. The molecule has 0 aliphatic heterocycles. The molecule has 1 atom stereocenters. The van der Waals surface area contributed by atoms with E-state index in [1.807, 2.05) is 44.2 Å².